The van der Waals surface area contributed by atoms with Gasteiger partial charge in [0.25, 0.3) is 0 Å². The summed E-state index contributed by atoms with van der Waals surface area (Å²) >= 11 is 0. The minimum Gasteiger partial charge on any atom is -0.379 e. The molecule has 0 saturated heterocycles. The van der Waals surface area contributed by atoms with Gasteiger partial charge in [0.1, 0.15) is 5.78 Å². The second kappa shape index (κ2) is 13.0. The van der Waals surface area contributed by atoms with E-state index in [4.69, 9.17) is 14.2 Å². The molecular weight excluding hydrogens is 234 g/mol. The number of Topliss-reactive ketones (excluding diaryl/α,β-unsaturated/α-hetero) is 1. The maximum atomic E-state index is 11.3. The monoisotopic (exact) mass is 261 g/mol. The predicted molar refractivity (Wildman–Crippen MR) is 70.8 cm³/mol. The zero-order valence-electron chi connectivity index (χ0n) is 11.9. The van der Waals surface area contributed by atoms with Gasteiger partial charge in [-0.25, -0.2) is 0 Å². The summed E-state index contributed by atoms with van der Waals surface area (Å²) in [6.07, 6.45) is 0.491. The summed E-state index contributed by atoms with van der Waals surface area (Å²) in [6, 6.07) is 0. The number of ether oxygens (including phenoxy) is 3. The van der Waals surface area contributed by atoms with Gasteiger partial charge in [-0.05, 0) is 7.05 Å². The van der Waals surface area contributed by atoms with Crippen LogP contribution >= 0.6 is 0 Å². The molecule has 0 rings (SSSR count). The number of carbonyl (C=O) groups excluding carboxylic acids is 1. The molecule has 0 saturated carbocycles. The molecule has 1 N–H and O–H groups in total. The molecule has 0 atom stereocenters. The Bertz CT molecular complexity index is 197. The Morgan fingerprint density at radius 2 is 1.44 bits per heavy atom. The maximum Gasteiger partial charge on any atom is 0.137 e. The van der Waals surface area contributed by atoms with Gasteiger partial charge in [0.15, 0.2) is 0 Å². The van der Waals surface area contributed by atoms with Crippen molar-refractivity contribution < 1.29 is 19.0 Å². The second-order valence-corrected chi connectivity index (χ2v) is 4.31. The van der Waals surface area contributed by atoms with Crippen molar-refractivity contribution in [1.29, 1.82) is 0 Å². The normalized spacial score (nSPS) is 11.1. The van der Waals surface area contributed by atoms with Crippen LogP contribution in [-0.2, 0) is 19.0 Å². The highest BCUT2D eigenvalue weighted by molar-refractivity contribution is 5.80. The topological polar surface area (TPSA) is 56.8 Å². The SMILES string of the molecule is CNCCOCCOCCOCCC(=O)C(C)C. The molecule has 18 heavy (non-hydrogen) atoms. The minimum absolute atomic E-state index is 0.0969. The van der Waals surface area contributed by atoms with Gasteiger partial charge >= 0.3 is 0 Å². The average Bonchev–Trinajstić information content (AvgIpc) is 2.35. The molecule has 5 nitrogen and oxygen atoms in total. The van der Waals surface area contributed by atoms with Crippen LogP contribution in [0.4, 0.5) is 0 Å². The summed E-state index contributed by atoms with van der Waals surface area (Å²) in [5.74, 6) is 0.341. The fourth-order valence-electron chi connectivity index (χ4n) is 1.18. The highest BCUT2D eigenvalue weighted by atomic mass is 16.5. The number of hydrogen-bond acceptors (Lipinski definition) is 5. The highest BCUT2D eigenvalue weighted by Gasteiger charge is 2.05. The van der Waals surface area contributed by atoms with Gasteiger partial charge in [-0.3, -0.25) is 4.79 Å². The van der Waals surface area contributed by atoms with Crippen LogP contribution in [0, 0.1) is 5.92 Å². The predicted octanol–water partition coefficient (Wildman–Crippen LogP) is 0.871. The van der Waals surface area contributed by atoms with Gasteiger partial charge in [-0.15, -0.1) is 0 Å². The molecule has 0 aromatic heterocycles. The van der Waals surface area contributed by atoms with Gasteiger partial charge in [0.05, 0.1) is 39.6 Å². The molecule has 0 aliphatic carbocycles. The van der Waals surface area contributed by atoms with Crippen molar-refractivity contribution in [3.63, 3.8) is 0 Å². The zero-order chi connectivity index (χ0) is 13.6. The summed E-state index contributed by atoms with van der Waals surface area (Å²) in [6.45, 7) is 8.11. The summed E-state index contributed by atoms with van der Waals surface area (Å²) in [5.41, 5.74) is 0. The van der Waals surface area contributed by atoms with Crippen LogP contribution < -0.4 is 5.32 Å². The summed E-state index contributed by atoms with van der Waals surface area (Å²) < 4.78 is 15.9. The van der Waals surface area contributed by atoms with Gasteiger partial charge in [0, 0.05) is 18.9 Å². The standard InChI is InChI=1S/C13H27NO4/c1-12(2)13(15)4-6-16-8-10-18-11-9-17-7-5-14-3/h12,14H,4-11H2,1-3H3. The zero-order valence-corrected chi connectivity index (χ0v) is 11.9. The molecule has 0 amide bonds. The van der Waals surface area contributed by atoms with E-state index >= 15 is 0 Å². The Balaban J connectivity index is 3.05. The molecule has 108 valence electrons. The number of hydrogen-bond donors (Lipinski definition) is 1. The quantitative estimate of drug-likeness (QED) is 0.499. The molecule has 0 radical (unpaired) electrons. The summed E-state index contributed by atoms with van der Waals surface area (Å²) in [7, 11) is 1.89. The molecule has 0 spiro atoms. The average molecular weight is 261 g/mol. The van der Waals surface area contributed by atoms with Crippen molar-refractivity contribution in [2.24, 2.45) is 5.92 Å². The molecule has 0 unspecified atom stereocenters. The van der Waals surface area contributed by atoms with E-state index in [0.717, 1.165) is 6.54 Å². The van der Waals surface area contributed by atoms with Gasteiger partial charge in [-0.2, -0.15) is 0 Å². The van der Waals surface area contributed by atoms with E-state index in [1.54, 1.807) is 0 Å². The van der Waals surface area contributed by atoms with E-state index in [0.29, 0.717) is 46.1 Å². The van der Waals surface area contributed by atoms with Gasteiger partial charge < -0.3 is 19.5 Å². The largest absolute Gasteiger partial charge is 0.379 e. The van der Waals surface area contributed by atoms with Crippen molar-refractivity contribution in [2.45, 2.75) is 20.3 Å². The van der Waals surface area contributed by atoms with E-state index in [9.17, 15) is 4.79 Å². The first-order chi connectivity index (χ1) is 8.68. The van der Waals surface area contributed by atoms with Crippen LogP contribution in [0.15, 0.2) is 0 Å². The molecule has 0 aliphatic heterocycles. The molecule has 0 bridgehead atoms. The van der Waals surface area contributed by atoms with Crippen molar-refractivity contribution in [3.05, 3.63) is 0 Å². The fraction of sp³-hybridized carbons (Fsp3) is 0.923. The Morgan fingerprint density at radius 3 is 1.94 bits per heavy atom. The lowest BCUT2D eigenvalue weighted by Crippen LogP contribution is -2.17. The number of rotatable bonds is 13. The third-order valence-electron chi connectivity index (χ3n) is 2.38. The lowest BCUT2D eigenvalue weighted by Gasteiger charge is -2.07. The smallest absolute Gasteiger partial charge is 0.137 e. The first kappa shape index (κ1) is 17.5. The third kappa shape index (κ3) is 12.0. The molecule has 0 aromatic carbocycles. The minimum atomic E-state index is 0.0969. The van der Waals surface area contributed by atoms with Crippen LogP contribution in [0.2, 0.25) is 0 Å². The van der Waals surface area contributed by atoms with Crippen molar-refractivity contribution in [3.8, 4) is 0 Å². The van der Waals surface area contributed by atoms with Crippen LogP contribution in [0.25, 0.3) is 0 Å². The number of ketones is 1. The first-order valence-corrected chi connectivity index (χ1v) is 6.59. The number of carbonyl (C=O) groups is 1. The fourth-order valence-corrected chi connectivity index (χ4v) is 1.18. The van der Waals surface area contributed by atoms with E-state index < -0.39 is 0 Å². The highest BCUT2D eigenvalue weighted by Crippen LogP contribution is 1.98. The van der Waals surface area contributed by atoms with Crippen LogP contribution in [0.3, 0.4) is 0 Å². The number of nitrogens with one attached hydrogen (secondary N) is 1. The summed E-state index contributed by atoms with van der Waals surface area (Å²) in [5, 5.41) is 3.00. The number of likely N-dealkylation sites (N-methyl/N-ethyl adjacent to an activating group) is 1. The van der Waals surface area contributed by atoms with Gasteiger partial charge in [-0.1, -0.05) is 13.8 Å². The van der Waals surface area contributed by atoms with Crippen LogP contribution in [0.1, 0.15) is 20.3 Å². The van der Waals surface area contributed by atoms with Crippen molar-refractivity contribution in [1.82, 2.24) is 5.32 Å². The Morgan fingerprint density at radius 1 is 0.944 bits per heavy atom. The Hall–Kier alpha value is -0.490. The van der Waals surface area contributed by atoms with Crippen LogP contribution in [0.5, 0.6) is 0 Å². The molecule has 0 heterocycles. The second-order valence-electron chi connectivity index (χ2n) is 4.31. The molecule has 5 heteroatoms. The van der Waals surface area contributed by atoms with Crippen molar-refractivity contribution >= 4 is 5.78 Å². The van der Waals surface area contributed by atoms with Crippen LogP contribution in [-0.4, -0.2) is 59.0 Å². The molecular formula is C13H27NO4. The van der Waals surface area contributed by atoms with E-state index in [-0.39, 0.29) is 11.7 Å². The summed E-state index contributed by atoms with van der Waals surface area (Å²) in [4.78, 5) is 11.3. The molecule has 0 aromatic rings. The van der Waals surface area contributed by atoms with E-state index in [1.165, 1.54) is 0 Å². The van der Waals surface area contributed by atoms with Gasteiger partial charge in [0.2, 0.25) is 0 Å². The Labute approximate surface area is 110 Å². The van der Waals surface area contributed by atoms with E-state index in [1.807, 2.05) is 20.9 Å². The maximum absolute atomic E-state index is 11.3. The molecule has 0 fully saturated rings. The third-order valence-corrected chi connectivity index (χ3v) is 2.38. The first-order valence-electron chi connectivity index (χ1n) is 6.59. The molecule has 0 aliphatic rings. The Kier molecular flexibility index (Phi) is 12.6. The van der Waals surface area contributed by atoms with Crippen molar-refractivity contribution in [2.75, 3.05) is 53.2 Å². The lowest BCUT2D eigenvalue weighted by molar-refractivity contribution is -0.123. The van der Waals surface area contributed by atoms with E-state index in [2.05, 4.69) is 5.32 Å². The lowest BCUT2D eigenvalue weighted by atomic mass is 10.1.